The van der Waals surface area contributed by atoms with E-state index in [0.29, 0.717) is 13.1 Å². The van der Waals surface area contributed by atoms with Gasteiger partial charge < -0.3 is 4.90 Å². The van der Waals surface area contributed by atoms with E-state index < -0.39 is 5.92 Å². The Hall–Kier alpha value is 0.550. The molecule has 0 atom stereocenters. The normalized spacial score (nSPS) is 24.2. The molecule has 12 heavy (non-hydrogen) atoms. The summed E-state index contributed by atoms with van der Waals surface area (Å²) in [5.74, 6) is -2.39. The Morgan fingerprint density at radius 2 is 1.83 bits per heavy atom. The summed E-state index contributed by atoms with van der Waals surface area (Å²) < 4.78 is 26.5. The van der Waals surface area contributed by atoms with Gasteiger partial charge in [0.05, 0.1) is 0 Å². The molecule has 1 rings (SSSR count). The summed E-state index contributed by atoms with van der Waals surface area (Å²) >= 11 is 2.32. The van der Waals surface area contributed by atoms with Crippen molar-refractivity contribution in [2.24, 2.45) is 0 Å². The molecule has 1 aliphatic heterocycles. The minimum absolute atomic E-state index is 0.0498. The number of hydrogen-bond acceptors (Lipinski definition) is 1. The zero-order chi connectivity index (χ0) is 9.03. The number of rotatable bonds is 3. The van der Waals surface area contributed by atoms with Gasteiger partial charge in [0.1, 0.15) is 0 Å². The van der Waals surface area contributed by atoms with Crippen LogP contribution in [0.15, 0.2) is 0 Å². The van der Waals surface area contributed by atoms with Crippen molar-refractivity contribution < 1.29 is 8.78 Å². The number of piperidine rings is 1. The van der Waals surface area contributed by atoms with Crippen LogP contribution in [-0.4, -0.2) is 34.9 Å². The lowest BCUT2D eigenvalue weighted by Crippen LogP contribution is -2.39. The standard InChI is InChI=1S/C8H14F2IN/c9-8(10)2-6-12(7-3-8)5-1-4-11/h1-7H2. The zero-order valence-electron chi connectivity index (χ0n) is 7.03. The molecule has 0 unspecified atom stereocenters. The molecule has 1 aliphatic rings. The Labute approximate surface area is 85.6 Å². The highest BCUT2D eigenvalue weighted by Crippen LogP contribution is 2.27. The highest BCUT2D eigenvalue weighted by molar-refractivity contribution is 14.1. The van der Waals surface area contributed by atoms with Crippen LogP contribution in [0.25, 0.3) is 0 Å². The molecule has 1 nitrogen and oxygen atoms in total. The van der Waals surface area contributed by atoms with Crippen LogP contribution in [0.1, 0.15) is 19.3 Å². The molecular formula is C8H14F2IN. The van der Waals surface area contributed by atoms with Gasteiger partial charge in [0.15, 0.2) is 0 Å². The van der Waals surface area contributed by atoms with E-state index in [1.54, 1.807) is 0 Å². The molecule has 72 valence electrons. The van der Waals surface area contributed by atoms with Gasteiger partial charge in [-0.1, -0.05) is 22.6 Å². The molecule has 0 radical (unpaired) electrons. The number of hydrogen-bond donors (Lipinski definition) is 0. The fourth-order valence-corrected chi connectivity index (χ4v) is 1.73. The summed E-state index contributed by atoms with van der Waals surface area (Å²) in [6.07, 6.45) is 1.22. The summed E-state index contributed by atoms with van der Waals surface area (Å²) in [4.78, 5) is 2.13. The Morgan fingerprint density at radius 3 is 2.33 bits per heavy atom. The van der Waals surface area contributed by atoms with Crippen LogP contribution < -0.4 is 0 Å². The van der Waals surface area contributed by atoms with Crippen LogP contribution in [-0.2, 0) is 0 Å². The minimum atomic E-state index is -2.39. The quantitative estimate of drug-likeness (QED) is 0.570. The van der Waals surface area contributed by atoms with Crippen LogP contribution in [0.5, 0.6) is 0 Å². The van der Waals surface area contributed by atoms with Crippen LogP contribution in [0.4, 0.5) is 8.78 Å². The van der Waals surface area contributed by atoms with Crippen molar-refractivity contribution in [1.29, 1.82) is 0 Å². The van der Waals surface area contributed by atoms with E-state index >= 15 is 0 Å². The van der Waals surface area contributed by atoms with Gasteiger partial charge in [-0.05, 0) is 13.0 Å². The van der Waals surface area contributed by atoms with E-state index in [-0.39, 0.29) is 12.8 Å². The molecular weight excluding hydrogens is 275 g/mol. The van der Waals surface area contributed by atoms with Gasteiger partial charge in [-0.2, -0.15) is 0 Å². The van der Waals surface area contributed by atoms with Crippen molar-refractivity contribution in [3.8, 4) is 0 Å². The lowest BCUT2D eigenvalue weighted by molar-refractivity contribution is -0.0548. The maximum Gasteiger partial charge on any atom is 0.250 e. The van der Waals surface area contributed by atoms with E-state index in [9.17, 15) is 8.78 Å². The van der Waals surface area contributed by atoms with Gasteiger partial charge in [-0.15, -0.1) is 0 Å². The number of likely N-dealkylation sites (tertiary alicyclic amines) is 1. The first-order chi connectivity index (χ1) is 5.64. The lowest BCUT2D eigenvalue weighted by Gasteiger charge is -2.31. The Balaban J connectivity index is 2.18. The molecule has 1 heterocycles. The number of nitrogens with zero attached hydrogens (tertiary/aromatic N) is 1. The Morgan fingerprint density at radius 1 is 1.25 bits per heavy atom. The molecule has 0 aromatic carbocycles. The van der Waals surface area contributed by atoms with Gasteiger partial charge in [0, 0.05) is 30.4 Å². The predicted molar refractivity (Wildman–Crippen MR) is 54.1 cm³/mol. The van der Waals surface area contributed by atoms with Gasteiger partial charge in [-0.25, -0.2) is 8.78 Å². The van der Waals surface area contributed by atoms with Gasteiger partial charge >= 0.3 is 0 Å². The SMILES string of the molecule is FC1(F)CCN(CCCI)CC1. The van der Waals surface area contributed by atoms with Crippen molar-refractivity contribution in [2.45, 2.75) is 25.2 Å². The van der Waals surface area contributed by atoms with E-state index in [1.807, 2.05) is 0 Å². The highest BCUT2D eigenvalue weighted by Gasteiger charge is 2.33. The highest BCUT2D eigenvalue weighted by atomic mass is 127. The number of halogens is 3. The maximum absolute atomic E-state index is 12.7. The average molecular weight is 289 g/mol. The van der Waals surface area contributed by atoms with E-state index in [4.69, 9.17) is 0 Å². The van der Waals surface area contributed by atoms with Crippen LogP contribution >= 0.6 is 22.6 Å². The fraction of sp³-hybridized carbons (Fsp3) is 1.00. The molecule has 0 bridgehead atoms. The summed E-state index contributed by atoms with van der Waals surface area (Å²) in [6, 6.07) is 0. The smallest absolute Gasteiger partial charge is 0.250 e. The molecule has 0 aromatic rings. The first-order valence-electron chi connectivity index (χ1n) is 4.30. The minimum Gasteiger partial charge on any atom is -0.303 e. The van der Waals surface area contributed by atoms with Crippen LogP contribution in [0, 0.1) is 0 Å². The molecule has 1 saturated heterocycles. The molecule has 0 spiro atoms. The molecule has 0 aliphatic carbocycles. The predicted octanol–water partition coefficient (Wildman–Crippen LogP) is 2.54. The number of alkyl halides is 3. The first-order valence-corrected chi connectivity index (χ1v) is 5.83. The average Bonchev–Trinajstić information content (AvgIpc) is 2.03. The van der Waals surface area contributed by atoms with Crippen molar-refractivity contribution in [1.82, 2.24) is 4.90 Å². The lowest BCUT2D eigenvalue weighted by atomic mass is 10.1. The molecule has 0 aromatic heterocycles. The van der Waals surface area contributed by atoms with Crippen LogP contribution in [0.2, 0.25) is 0 Å². The zero-order valence-corrected chi connectivity index (χ0v) is 9.19. The van der Waals surface area contributed by atoms with Crippen molar-refractivity contribution >= 4 is 22.6 Å². The first kappa shape index (κ1) is 10.6. The largest absolute Gasteiger partial charge is 0.303 e. The molecule has 0 saturated carbocycles. The van der Waals surface area contributed by atoms with Crippen LogP contribution in [0.3, 0.4) is 0 Å². The van der Waals surface area contributed by atoms with Gasteiger partial charge in [0.25, 0.3) is 5.92 Å². The fourth-order valence-electron chi connectivity index (χ4n) is 1.39. The monoisotopic (exact) mass is 289 g/mol. The summed E-state index contributed by atoms with van der Waals surface area (Å²) in [6.45, 7) is 2.13. The van der Waals surface area contributed by atoms with Crippen molar-refractivity contribution in [3.05, 3.63) is 0 Å². The van der Waals surface area contributed by atoms with E-state index in [0.717, 1.165) is 17.4 Å². The van der Waals surface area contributed by atoms with E-state index in [2.05, 4.69) is 27.5 Å². The second-order valence-electron chi connectivity index (χ2n) is 3.24. The molecule has 4 heteroatoms. The third kappa shape index (κ3) is 3.51. The molecule has 0 amide bonds. The summed E-state index contributed by atoms with van der Waals surface area (Å²) in [7, 11) is 0. The molecule has 0 N–H and O–H groups in total. The Kier molecular flexibility index (Phi) is 4.16. The van der Waals surface area contributed by atoms with Gasteiger partial charge in [-0.3, -0.25) is 0 Å². The topological polar surface area (TPSA) is 3.24 Å². The summed E-state index contributed by atoms with van der Waals surface area (Å²) in [5, 5.41) is 0. The van der Waals surface area contributed by atoms with Crippen molar-refractivity contribution in [3.63, 3.8) is 0 Å². The maximum atomic E-state index is 12.7. The second-order valence-corrected chi connectivity index (χ2v) is 4.32. The van der Waals surface area contributed by atoms with Gasteiger partial charge in [0.2, 0.25) is 0 Å². The van der Waals surface area contributed by atoms with Crippen molar-refractivity contribution in [2.75, 3.05) is 24.1 Å². The Bertz CT molecular complexity index is 131. The molecule has 1 fully saturated rings. The summed E-state index contributed by atoms with van der Waals surface area (Å²) in [5.41, 5.74) is 0. The third-order valence-electron chi connectivity index (χ3n) is 2.20. The third-order valence-corrected chi connectivity index (χ3v) is 2.96. The second kappa shape index (κ2) is 4.69. The van der Waals surface area contributed by atoms with E-state index in [1.165, 1.54) is 0 Å².